The van der Waals surface area contributed by atoms with E-state index in [1.54, 1.807) is 4.90 Å². The zero-order valence-electron chi connectivity index (χ0n) is 15.6. The Hall–Kier alpha value is -2.33. The first-order chi connectivity index (χ1) is 12.8. The molecule has 4 heteroatoms. The van der Waals surface area contributed by atoms with Gasteiger partial charge >= 0.3 is 6.03 Å². The maximum Gasteiger partial charge on any atom is 0.326 e. The molecule has 1 aliphatic rings. The van der Waals surface area contributed by atoms with Crippen LogP contribution in [0.25, 0.3) is 0 Å². The minimum atomic E-state index is -0.0749. The third-order valence-electron chi connectivity index (χ3n) is 5.07. The average Bonchev–Trinajstić information content (AvgIpc) is 2.68. The standard InChI is InChI=1S/C22H29N3O/c1-19-11-8-9-17-24(19)18-10-16-23-22(26)25(20-12-4-2-5-13-20)21-14-6-3-7-15-21/h2-7,12-15,19H,8-11,16-18H2,1H3,(H,23,26)/t19-/m0/s1. The second-order valence-electron chi connectivity index (χ2n) is 6.97. The fourth-order valence-corrected chi connectivity index (χ4v) is 3.58. The molecule has 0 bridgehead atoms. The third kappa shape index (κ3) is 4.85. The second-order valence-corrected chi connectivity index (χ2v) is 6.97. The van der Waals surface area contributed by atoms with Crippen molar-refractivity contribution < 1.29 is 4.79 Å². The summed E-state index contributed by atoms with van der Waals surface area (Å²) < 4.78 is 0. The van der Waals surface area contributed by atoms with Crippen molar-refractivity contribution in [2.75, 3.05) is 24.5 Å². The molecule has 1 N–H and O–H groups in total. The Bertz CT molecular complexity index is 635. The number of rotatable bonds is 6. The zero-order valence-corrected chi connectivity index (χ0v) is 15.6. The van der Waals surface area contributed by atoms with Gasteiger partial charge in [0.25, 0.3) is 0 Å². The molecule has 1 atom stereocenters. The molecule has 0 aromatic heterocycles. The van der Waals surface area contributed by atoms with E-state index in [9.17, 15) is 4.79 Å². The predicted molar refractivity (Wildman–Crippen MR) is 108 cm³/mol. The van der Waals surface area contributed by atoms with Gasteiger partial charge in [0.15, 0.2) is 0 Å². The molecule has 1 aliphatic heterocycles. The summed E-state index contributed by atoms with van der Waals surface area (Å²) in [4.78, 5) is 17.1. The quantitative estimate of drug-likeness (QED) is 0.759. The van der Waals surface area contributed by atoms with Gasteiger partial charge in [0, 0.05) is 19.1 Å². The molecule has 3 rings (SSSR count). The molecule has 1 saturated heterocycles. The van der Waals surface area contributed by atoms with E-state index in [-0.39, 0.29) is 6.03 Å². The zero-order chi connectivity index (χ0) is 18.2. The lowest BCUT2D eigenvalue weighted by Gasteiger charge is -2.33. The molecule has 138 valence electrons. The molecule has 2 aromatic rings. The van der Waals surface area contributed by atoms with Gasteiger partial charge in [-0.15, -0.1) is 0 Å². The van der Waals surface area contributed by atoms with E-state index in [0.717, 1.165) is 24.3 Å². The number of urea groups is 1. The number of piperidine rings is 1. The average molecular weight is 351 g/mol. The summed E-state index contributed by atoms with van der Waals surface area (Å²) in [6.45, 7) is 5.25. The van der Waals surface area contributed by atoms with Crippen LogP contribution in [-0.2, 0) is 0 Å². The van der Waals surface area contributed by atoms with Crippen LogP contribution in [0.4, 0.5) is 16.2 Å². The summed E-state index contributed by atoms with van der Waals surface area (Å²) in [6, 6.07) is 20.2. The Kier molecular flexibility index (Phi) is 6.67. The van der Waals surface area contributed by atoms with Crippen LogP contribution in [0.1, 0.15) is 32.6 Å². The van der Waals surface area contributed by atoms with Gasteiger partial charge in [-0.2, -0.15) is 0 Å². The molecular weight excluding hydrogens is 322 g/mol. The molecule has 2 amide bonds. The van der Waals surface area contributed by atoms with Crippen LogP contribution in [0.2, 0.25) is 0 Å². The summed E-state index contributed by atoms with van der Waals surface area (Å²) in [6.07, 6.45) is 4.92. The molecular formula is C22H29N3O. The molecule has 0 radical (unpaired) electrons. The Morgan fingerprint density at radius 2 is 1.65 bits per heavy atom. The van der Waals surface area contributed by atoms with Gasteiger partial charge < -0.3 is 10.2 Å². The van der Waals surface area contributed by atoms with E-state index in [1.807, 2.05) is 60.7 Å². The van der Waals surface area contributed by atoms with Gasteiger partial charge in [-0.1, -0.05) is 42.8 Å². The number of benzene rings is 2. The minimum Gasteiger partial charge on any atom is -0.337 e. The van der Waals surface area contributed by atoms with E-state index in [0.29, 0.717) is 12.6 Å². The van der Waals surface area contributed by atoms with Crippen LogP contribution < -0.4 is 10.2 Å². The van der Waals surface area contributed by atoms with Crippen molar-refractivity contribution in [1.29, 1.82) is 0 Å². The summed E-state index contributed by atoms with van der Waals surface area (Å²) in [7, 11) is 0. The highest BCUT2D eigenvalue weighted by Crippen LogP contribution is 2.24. The monoisotopic (exact) mass is 351 g/mol. The maximum absolute atomic E-state index is 12.9. The molecule has 0 unspecified atom stereocenters. The van der Waals surface area contributed by atoms with E-state index >= 15 is 0 Å². The van der Waals surface area contributed by atoms with Gasteiger partial charge in [0.2, 0.25) is 0 Å². The van der Waals surface area contributed by atoms with Crippen LogP contribution in [0.15, 0.2) is 60.7 Å². The first-order valence-electron chi connectivity index (χ1n) is 9.68. The van der Waals surface area contributed by atoms with Crippen LogP contribution in [-0.4, -0.2) is 36.6 Å². The third-order valence-corrected chi connectivity index (χ3v) is 5.07. The minimum absolute atomic E-state index is 0.0749. The van der Waals surface area contributed by atoms with Gasteiger partial charge in [0.05, 0.1) is 11.4 Å². The van der Waals surface area contributed by atoms with E-state index < -0.39 is 0 Å². The van der Waals surface area contributed by atoms with Gasteiger partial charge in [-0.05, 0) is 57.0 Å². The molecule has 0 saturated carbocycles. The number of amides is 2. The number of carbonyl (C=O) groups excluding carboxylic acids is 1. The lowest BCUT2D eigenvalue weighted by atomic mass is 10.0. The highest BCUT2D eigenvalue weighted by molar-refractivity contribution is 5.99. The maximum atomic E-state index is 12.9. The van der Waals surface area contributed by atoms with Crippen molar-refractivity contribution >= 4 is 17.4 Å². The Labute approximate surface area is 156 Å². The molecule has 1 heterocycles. The summed E-state index contributed by atoms with van der Waals surface area (Å²) in [5, 5.41) is 3.09. The number of nitrogens with zero attached hydrogens (tertiary/aromatic N) is 2. The van der Waals surface area contributed by atoms with Gasteiger partial charge in [-0.3, -0.25) is 4.90 Å². The van der Waals surface area contributed by atoms with Crippen molar-refractivity contribution in [3.63, 3.8) is 0 Å². The van der Waals surface area contributed by atoms with Crippen LogP contribution in [0.3, 0.4) is 0 Å². The molecule has 2 aromatic carbocycles. The topological polar surface area (TPSA) is 35.6 Å². The Morgan fingerprint density at radius 3 is 2.23 bits per heavy atom. The number of carbonyl (C=O) groups is 1. The summed E-state index contributed by atoms with van der Waals surface area (Å²) in [5.41, 5.74) is 1.75. The summed E-state index contributed by atoms with van der Waals surface area (Å²) >= 11 is 0. The molecule has 0 aliphatic carbocycles. The Balaban J connectivity index is 1.58. The number of anilines is 2. The van der Waals surface area contributed by atoms with Gasteiger partial charge in [0.1, 0.15) is 0 Å². The van der Waals surface area contributed by atoms with Crippen molar-refractivity contribution in [3.8, 4) is 0 Å². The second kappa shape index (κ2) is 9.39. The van der Waals surface area contributed by atoms with E-state index in [4.69, 9.17) is 0 Å². The van der Waals surface area contributed by atoms with Crippen LogP contribution in [0, 0.1) is 0 Å². The van der Waals surface area contributed by atoms with Crippen molar-refractivity contribution in [2.45, 2.75) is 38.6 Å². The number of para-hydroxylation sites is 2. The van der Waals surface area contributed by atoms with Crippen LogP contribution in [0.5, 0.6) is 0 Å². The lowest BCUT2D eigenvalue weighted by Crippen LogP contribution is -2.41. The van der Waals surface area contributed by atoms with E-state index in [1.165, 1.54) is 25.8 Å². The highest BCUT2D eigenvalue weighted by Gasteiger charge is 2.19. The number of hydrogen-bond acceptors (Lipinski definition) is 2. The fraction of sp³-hybridized carbons (Fsp3) is 0.409. The van der Waals surface area contributed by atoms with Gasteiger partial charge in [-0.25, -0.2) is 4.79 Å². The molecule has 0 spiro atoms. The van der Waals surface area contributed by atoms with Crippen molar-refractivity contribution in [2.24, 2.45) is 0 Å². The Morgan fingerprint density at radius 1 is 1.04 bits per heavy atom. The lowest BCUT2D eigenvalue weighted by molar-refractivity contribution is 0.159. The van der Waals surface area contributed by atoms with Crippen LogP contribution >= 0.6 is 0 Å². The number of likely N-dealkylation sites (tertiary alicyclic amines) is 1. The summed E-state index contributed by atoms with van der Waals surface area (Å²) in [5.74, 6) is 0. The normalized spacial score (nSPS) is 17.7. The highest BCUT2D eigenvalue weighted by atomic mass is 16.2. The molecule has 1 fully saturated rings. The smallest absolute Gasteiger partial charge is 0.326 e. The van der Waals surface area contributed by atoms with Crippen molar-refractivity contribution in [1.82, 2.24) is 10.2 Å². The first-order valence-corrected chi connectivity index (χ1v) is 9.68. The molecule has 4 nitrogen and oxygen atoms in total. The largest absolute Gasteiger partial charge is 0.337 e. The number of hydrogen-bond donors (Lipinski definition) is 1. The van der Waals surface area contributed by atoms with E-state index in [2.05, 4.69) is 17.1 Å². The molecule has 26 heavy (non-hydrogen) atoms. The fourth-order valence-electron chi connectivity index (χ4n) is 3.58. The SMILES string of the molecule is C[C@H]1CCCCN1CCCNC(=O)N(c1ccccc1)c1ccccc1. The first kappa shape index (κ1) is 18.5. The predicted octanol–water partition coefficient (Wildman–Crippen LogP) is 4.80. The number of nitrogens with one attached hydrogen (secondary N) is 1. The van der Waals surface area contributed by atoms with Crippen molar-refractivity contribution in [3.05, 3.63) is 60.7 Å².